The van der Waals surface area contributed by atoms with Crippen LogP contribution in [0, 0.1) is 23.2 Å². The van der Waals surface area contributed by atoms with Crippen molar-refractivity contribution in [2.24, 2.45) is 33.4 Å². The molecule has 0 aromatic heterocycles. The lowest BCUT2D eigenvalue weighted by atomic mass is 9.52. The maximum absolute atomic E-state index is 12.0. The van der Waals surface area contributed by atoms with Gasteiger partial charge in [-0.1, -0.05) is 0 Å². The van der Waals surface area contributed by atoms with Crippen LogP contribution in [0.5, 0.6) is 0 Å². The highest BCUT2D eigenvalue weighted by Crippen LogP contribution is 2.59. The molecule has 1 saturated heterocycles. The number of carbonyl (C=O) groups excluding carboxylic acids is 1. The van der Waals surface area contributed by atoms with Crippen LogP contribution in [0.25, 0.3) is 0 Å². The third-order valence-corrected chi connectivity index (χ3v) is 7.36. The van der Waals surface area contributed by atoms with Crippen molar-refractivity contribution < 1.29 is 14.3 Å². The predicted octanol–water partition coefficient (Wildman–Crippen LogP) is 2.90. The Morgan fingerprint density at radius 3 is 2.92 bits per heavy atom. The lowest BCUT2D eigenvalue weighted by Crippen LogP contribution is -2.53. The van der Waals surface area contributed by atoms with Gasteiger partial charge in [-0.2, -0.15) is 10.2 Å². The molecule has 2 saturated carbocycles. The van der Waals surface area contributed by atoms with Crippen molar-refractivity contribution in [2.75, 3.05) is 6.61 Å². The summed E-state index contributed by atoms with van der Waals surface area (Å²) in [5.41, 5.74) is 1.93. The van der Waals surface area contributed by atoms with Crippen LogP contribution in [0.15, 0.2) is 21.9 Å². The molecule has 5 rings (SSSR count). The number of fused-ring (bicyclic) bond motifs is 5. The molecule has 0 aromatic carbocycles. The number of carbonyl (C=O) groups is 1. The molecule has 5 heteroatoms. The fourth-order valence-electron chi connectivity index (χ4n) is 6.06. The summed E-state index contributed by atoms with van der Waals surface area (Å²) in [4.78, 5) is 12.0. The summed E-state index contributed by atoms with van der Waals surface area (Å²) in [6, 6.07) is 0. The van der Waals surface area contributed by atoms with Crippen molar-refractivity contribution >= 4 is 17.9 Å². The molecule has 24 heavy (non-hydrogen) atoms. The Morgan fingerprint density at radius 2 is 2.12 bits per heavy atom. The Hall–Kier alpha value is -1.49. The summed E-state index contributed by atoms with van der Waals surface area (Å²) in [5.74, 6) is 1.54. The second kappa shape index (κ2) is 4.78. The largest absolute Gasteiger partial charge is 0.458 e. The predicted molar refractivity (Wildman–Crippen MR) is 89.9 cm³/mol. The van der Waals surface area contributed by atoms with Crippen LogP contribution in [-0.2, 0) is 14.3 Å². The van der Waals surface area contributed by atoms with E-state index in [0.717, 1.165) is 31.3 Å². The van der Waals surface area contributed by atoms with Gasteiger partial charge >= 0.3 is 5.97 Å². The van der Waals surface area contributed by atoms with E-state index in [1.54, 1.807) is 0 Å². The standard InChI is InChI=1S/C19H24N2O3/c1-18-10-20-21-16(18)4-3-11-13(18)5-7-19(2)14(11)9-15(24-19)12-6-8-23-17(12)22/h6,10-11,13-15H,3-5,7-9H2,1-2H3/t11?,13-,14-,15-,18-,19+/m0/s1. The second-order valence-corrected chi connectivity index (χ2v) is 8.44. The molecule has 3 aliphatic heterocycles. The molecule has 128 valence electrons. The Labute approximate surface area is 142 Å². The van der Waals surface area contributed by atoms with E-state index < -0.39 is 0 Å². The van der Waals surface area contributed by atoms with Crippen LogP contribution >= 0.6 is 0 Å². The first-order valence-electron chi connectivity index (χ1n) is 9.18. The molecule has 5 nitrogen and oxygen atoms in total. The Balaban J connectivity index is 1.45. The zero-order chi connectivity index (χ0) is 16.5. The van der Waals surface area contributed by atoms with Gasteiger partial charge in [-0.3, -0.25) is 0 Å². The summed E-state index contributed by atoms with van der Waals surface area (Å²) < 4.78 is 11.6. The van der Waals surface area contributed by atoms with Crippen LogP contribution in [0.3, 0.4) is 0 Å². The van der Waals surface area contributed by atoms with E-state index >= 15 is 0 Å². The number of esters is 1. The average Bonchev–Trinajstić information content (AvgIpc) is 3.22. The van der Waals surface area contributed by atoms with Gasteiger partial charge in [0.25, 0.3) is 0 Å². The molecule has 3 fully saturated rings. The Bertz CT molecular complexity index is 697. The molecule has 6 atom stereocenters. The average molecular weight is 328 g/mol. The van der Waals surface area contributed by atoms with Gasteiger partial charge in [-0.15, -0.1) is 0 Å². The van der Waals surface area contributed by atoms with E-state index in [-0.39, 0.29) is 23.1 Å². The van der Waals surface area contributed by atoms with Gasteiger partial charge in [0.1, 0.15) is 6.61 Å². The first kappa shape index (κ1) is 14.8. The fraction of sp³-hybridized carbons (Fsp3) is 0.737. The van der Waals surface area contributed by atoms with Crippen molar-refractivity contribution in [1.29, 1.82) is 0 Å². The number of nitrogens with zero attached hydrogens (tertiary/aromatic N) is 2. The van der Waals surface area contributed by atoms with Crippen molar-refractivity contribution in [3.8, 4) is 0 Å². The molecule has 5 aliphatic rings. The molecule has 3 heterocycles. The van der Waals surface area contributed by atoms with E-state index in [4.69, 9.17) is 9.47 Å². The van der Waals surface area contributed by atoms with Crippen LogP contribution < -0.4 is 0 Å². The van der Waals surface area contributed by atoms with Crippen molar-refractivity contribution in [2.45, 2.75) is 57.7 Å². The zero-order valence-corrected chi connectivity index (χ0v) is 14.3. The maximum Gasteiger partial charge on any atom is 0.336 e. The topological polar surface area (TPSA) is 60.2 Å². The van der Waals surface area contributed by atoms with Crippen LogP contribution in [-0.4, -0.2) is 36.2 Å². The highest BCUT2D eigenvalue weighted by atomic mass is 16.5. The van der Waals surface area contributed by atoms with E-state index in [9.17, 15) is 4.79 Å². The first-order valence-corrected chi connectivity index (χ1v) is 9.18. The minimum Gasteiger partial charge on any atom is -0.458 e. The minimum absolute atomic E-state index is 0.0356. The van der Waals surface area contributed by atoms with Gasteiger partial charge < -0.3 is 9.47 Å². The molecule has 0 amide bonds. The third-order valence-electron chi connectivity index (χ3n) is 7.36. The Kier molecular flexibility index (Phi) is 2.95. The van der Waals surface area contributed by atoms with Gasteiger partial charge in [0.2, 0.25) is 0 Å². The first-order chi connectivity index (χ1) is 11.5. The summed E-state index contributed by atoms with van der Waals surface area (Å²) >= 11 is 0. The van der Waals surface area contributed by atoms with E-state index in [0.29, 0.717) is 24.4 Å². The number of hydrogen-bond acceptors (Lipinski definition) is 5. The van der Waals surface area contributed by atoms with Crippen molar-refractivity contribution in [3.63, 3.8) is 0 Å². The summed E-state index contributed by atoms with van der Waals surface area (Å²) in [5, 5.41) is 8.64. The van der Waals surface area contributed by atoms with Gasteiger partial charge in [0.15, 0.2) is 0 Å². The molecule has 0 radical (unpaired) electrons. The van der Waals surface area contributed by atoms with Gasteiger partial charge in [-0.05, 0) is 69.8 Å². The van der Waals surface area contributed by atoms with E-state index in [1.165, 1.54) is 12.1 Å². The third kappa shape index (κ3) is 1.82. The zero-order valence-electron chi connectivity index (χ0n) is 14.3. The number of rotatable bonds is 1. The molecular weight excluding hydrogens is 304 g/mol. The molecule has 0 bridgehead atoms. The van der Waals surface area contributed by atoms with Gasteiger partial charge in [0.05, 0.1) is 23.0 Å². The molecular formula is C19H24N2O3. The lowest BCUT2D eigenvalue weighted by molar-refractivity contribution is -0.138. The smallest absolute Gasteiger partial charge is 0.336 e. The fourth-order valence-corrected chi connectivity index (χ4v) is 6.06. The molecule has 0 N–H and O–H groups in total. The summed E-state index contributed by atoms with van der Waals surface area (Å²) in [7, 11) is 0. The van der Waals surface area contributed by atoms with E-state index in [2.05, 4.69) is 30.3 Å². The lowest BCUT2D eigenvalue weighted by Gasteiger charge is -2.52. The normalized spacial score (nSPS) is 49.2. The van der Waals surface area contributed by atoms with Crippen LogP contribution in [0.1, 0.15) is 46.0 Å². The second-order valence-electron chi connectivity index (χ2n) is 8.44. The minimum atomic E-state index is -0.188. The highest BCUT2D eigenvalue weighted by molar-refractivity contribution is 6.06. The van der Waals surface area contributed by atoms with Crippen LogP contribution in [0.4, 0.5) is 0 Å². The number of cyclic esters (lactones) is 1. The molecule has 1 unspecified atom stereocenters. The molecule has 0 aromatic rings. The Morgan fingerprint density at radius 1 is 1.25 bits per heavy atom. The van der Waals surface area contributed by atoms with E-state index in [1.807, 2.05) is 6.08 Å². The van der Waals surface area contributed by atoms with Crippen molar-refractivity contribution in [1.82, 2.24) is 0 Å². The molecule has 0 spiro atoms. The molecule has 2 aliphatic carbocycles. The highest BCUT2D eigenvalue weighted by Gasteiger charge is 2.60. The maximum atomic E-state index is 12.0. The van der Waals surface area contributed by atoms with Crippen LogP contribution in [0.2, 0.25) is 0 Å². The summed E-state index contributed by atoms with van der Waals surface area (Å²) in [6.45, 7) is 4.96. The van der Waals surface area contributed by atoms with Crippen molar-refractivity contribution in [3.05, 3.63) is 11.6 Å². The number of hydrogen-bond donors (Lipinski definition) is 0. The SMILES string of the molecule is C[C@@]12CC[C@H]3C(CCC4=NN=C[C@]43C)[C@@H]1C[C@@H](C1=CCOC1=O)O2. The summed E-state index contributed by atoms with van der Waals surface area (Å²) in [6.07, 6.45) is 9.24. The van der Waals surface area contributed by atoms with Gasteiger partial charge in [0, 0.05) is 11.6 Å². The monoisotopic (exact) mass is 328 g/mol. The van der Waals surface area contributed by atoms with Gasteiger partial charge in [-0.25, -0.2) is 4.79 Å². The quantitative estimate of drug-likeness (QED) is 0.695. The number of ether oxygens (including phenoxy) is 2.